The molecule has 2 saturated heterocycles. The van der Waals surface area contributed by atoms with Crippen LogP contribution in [-0.4, -0.2) is 99.2 Å². The lowest BCUT2D eigenvalue weighted by Gasteiger charge is -2.32. The zero-order valence-electron chi connectivity index (χ0n) is 77.9. The molecular formula is C102H137B2Br7ClN3O10. The van der Waals surface area contributed by atoms with Crippen molar-refractivity contribution in [2.24, 2.45) is 29.4 Å². The number of aliphatic hydroxyl groups is 1. The van der Waals surface area contributed by atoms with Crippen LogP contribution in [0.2, 0.25) is 5.82 Å². The Morgan fingerprint density at radius 2 is 0.768 bits per heavy atom. The number of nitrogens with two attached hydrogens (primary N) is 1. The Labute approximate surface area is 814 Å². The van der Waals surface area contributed by atoms with E-state index in [9.17, 15) is 19.2 Å². The molecule has 5 aliphatic carbocycles. The van der Waals surface area contributed by atoms with Gasteiger partial charge in [0.1, 0.15) is 12.4 Å². The van der Waals surface area contributed by atoms with Crippen LogP contribution < -0.4 is 5.73 Å². The van der Waals surface area contributed by atoms with Crippen LogP contribution in [0.4, 0.5) is 9.59 Å². The zero-order chi connectivity index (χ0) is 93.9. The molecule has 14 rings (SSSR count). The summed E-state index contributed by atoms with van der Waals surface area (Å²) in [5, 5.41) is 8.65. The first-order valence-corrected chi connectivity index (χ1v) is 49.8. The first-order chi connectivity index (χ1) is 58.2. The first kappa shape index (κ1) is 109. The number of benzene rings is 7. The van der Waals surface area contributed by atoms with Gasteiger partial charge in [-0.05, 0) is 356 Å². The molecule has 0 aromatic heterocycles. The Kier molecular flexibility index (Phi) is 41.7. The largest absolute Gasteiger partial charge is 0.469 e. The molecule has 6 atom stereocenters. The van der Waals surface area contributed by atoms with Crippen LogP contribution in [-0.2, 0) is 49.7 Å². The minimum Gasteiger partial charge on any atom is -0.442 e. The molecule has 7 aromatic rings. The van der Waals surface area contributed by atoms with Crippen molar-refractivity contribution in [1.82, 2.24) is 9.80 Å². The summed E-state index contributed by atoms with van der Waals surface area (Å²) in [5.41, 5.74) is 13.6. The van der Waals surface area contributed by atoms with Crippen molar-refractivity contribution in [3.63, 3.8) is 0 Å². The number of rotatable bonds is 21. The van der Waals surface area contributed by atoms with E-state index in [0.29, 0.717) is 23.6 Å². The third-order valence-corrected chi connectivity index (χ3v) is 29.6. The Balaban J connectivity index is 0.000000220. The van der Waals surface area contributed by atoms with Crippen LogP contribution >= 0.6 is 123 Å². The van der Waals surface area contributed by atoms with E-state index in [-0.39, 0.29) is 112 Å². The standard InChI is InChI=1S/C17H24BBrO2.C15H22BrNO2.C13H16BrN.C13H15Br.C12H13BrO.C9H17BO2.C8H9BrO.C8H7BrO.C7H14ClNO/c1-15(2)16(3,4)21-18(20-15)17(5,12-6-7-12)13-8-10-14(19)11-9-13;1-10(2)17(11(3)4)15(18)19-12(5)13-6-8-14(16)9-7-13;1-9(15)13(2,10-3-4-10)11-5-7-12(14)8-6-11;1-3-13(2,10-4-5-10)11-6-8-12(14)9-7-11;1-12(8-14,9-2-3-9)10-4-6-11(13)7-5-10;1-8(2)9(3,4)12-10(11-8)7-5-6-7;2*1-6(10)7-2-4-8(9)5-3-7;1-5(2)9(6(3)4)7(8)10/h8-12H,6-7H2,1-5H3;6-12H,1-5H3;5-8,10H,1,3-4,15H2,2H3;3,6-10H,1,4-5H2,2H3;4-9H,2-3H2,1H3;7H,5-6H2,1-4H3;2-6,10H,1H3;2-5H,1H3;5-6H,1-4H3/t17-;12-;2*13-;12-;;6-;;/m10111.0../s1. The second-order valence-corrected chi connectivity index (χ2v) is 44.6. The average molecular weight is 2180 g/mol. The number of allylic oxidation sites excluding steroid dienone is 2. The highest BCUT2D eigenvalue weighted by Gasteiger charge is 2.63. The summed E-state index contributed by atoms with van der Waals surface area (Å²) in [4.78, 5) is 48.2. The van der Waals surface area contributed by atoms with E-state index in [1.165, 1.54) is 80.9 Å². The predicted molar refractivity (Wildman–Crippen MR) is 545 cm³/mol. The number of ketones is 1. The van der Waals surface area contributed by atoms with Crippen molar-refractivity contribution in [3.8, 4) is 0 Å². The summed E-state index contributed by atoms with van der Waals surface area (Å²) in [6, 6.07) is 57.1. The normalized spacial score (nSPS) is 19.0. The number of carbonyl (C=O) groups is 4. The molecular weight excluding hydrogens is 2040 g/mol. The minimum atomic E-state index is -0.370. The van der Waals surface area contributed by atoms with E-state index >= 15 is 0 Å². The average Bonchev–Trinajstić information content (AvgIpc) is 1.57. The quantitative estimate of drug-likeness (QED) is 0.0175. The van der Waals surface area contributed by atoms with Crippen molar-refractivity contribution in [2.75, 3.05) is 0 Å². The maximum atomic E-state index is 12.2. The molecule has 3 N–H and O–H groups in total. The van der Waals surface area contributed by atoms with Gasteiger partial charge in [0.25, 0.3) is 0 Å². The van der Waals surface area contributed by atoms with Crippen LogP contribution in [0, 0.1) is 23.7 Å². The number of aliphatic hydroxyl groups excluding tert-OH is 1. The number of aldehydes is 1. The van der Waals surface area contributed by atoms with Gasteiger partial charge in [0.2, 0.25) is 0 Å². The van der Waals surface area contributed by atoms with Gasteiger partial charge in [-0.2, -0.15) is 0 Å². The number of hydrogen-bond acceptors (Lipinski definition) is 11. The Hall–Kier alpha value is -4.52. The molecule has 2 aliphatic heterocycles. The fourth-order valence-corrected chi connectivity index (χ4v) is 17.3. The lowest BCUT2D eigenvalue weighted by atomic mass is 9.52. The highest BCUT2D eigenvalue weighted by molar-refractivity contribution is 9.11. The van der Waals surface area contributed by atoms with Crippen LogP contribution in [0.5, 0.6) is 0 Å². The van der Waals surface area contributed by atoms with Crippen LogP contribution in [0.1, 0.15) is 279 Å². The van der Waals surface area contributed by atoms with E-state index in [0.717, 1.165) is 71.5 Å². The van der Waals surface area contributed by atoms with Crippen LogP contribution in [0.15, 0.2) is 226 Å². The van der Waals surface area contributed by atoms with E-state index in [1.807, 2.05) is 154 Å². The highest BCUT2D eigenvalue weighted by Crippen LogP contribution is 2.55. The molecule has 7 aliphatic rings. The first-order valence-electron chi connectivity index (χ1n) is 43.9. The van der Waals surface area contributed by atoms with Gasteiger partial charge in [-0.25, -0.2) is 4.79 Å². The number of halogens is 8. The summed E-state index contributed by atoms with van der Waals surface area (Å²) < 4.78 is 37.5. The predicted octanol–water partition coefficient (Wildman–Crippen LogP) is 30.6. The fourth-order valence-electron chi connectivity index (χ4n) is 15.1. The monoisotopic (exact) mass is 2170 g/mol. The smallest absolute Gasteiger partial charge is 0.442 e. The molecule has 5 saturated carbocycles. The van der Waals surface area contributed by atoms with Gasteiger partial charge in [-0.1, -0.05) is 236 Å². The molecule has 7 aromatic carbocycles. The SMILES string of the molecule is C=C(N)[C@@](C)(c1ccc(Br)cc1)C1CC1.C=C[C@@](C)(c1ccc(Br)cc1)C1CC1.CC(=O)c1ccc(Br)cc1.CC(C)N(C(=O)Cl)C(C)C.CC(C)N(C(=O)O[C@@H](C)c1ccc(Br)cc1)C(C)C.CC1(C)OB(C2CC2)OC1(C)C.CC1(C)OB([C@@](C)(c2ccc(Br)cc2)C2CC2)OC1(C)C.C[C@H](O)c1ccc(Br)cc1.C[C@](C=O)(c1ccc(Br)cc1)C1CC1. The molecule has 0 bridgehead atoms. The summed E-state index contributed by atoms with van der Waals surface area (Å²) in [6.07, 6.45) is 15.0. The van der Waals surface area contributed by atoms with Crippen molar-refractivity contribution in [3.05, 3.63) is 265 Å². The molecule has 13 nitrogen and oxygen atoms in total. The van der Waals surface area contributed by atoms with Gasteiger partial charge in [0.05, 0.1) is 33.9 Å². The third kappa shape index (κ3) is 31.6. The van der Waals surface area contributed by atoms with E-state index < -0.39 is 0 Å². The summed E-state index contributed by atoms with van der Waals surface area (Å²) >= 11 is 29.1. The summed E-state index contributed by atoms with van der Waals surface area (Å²) in [5.74, 6) is 3.46. The van der Waals surface area contributed by atoms with Crippen LogP contribution in [0.3, 0.4) is 0 Å². The second kappa shape index (κ2) is 47.7. The molecule has 0 radical (unpaired) electrons. The lowest BCUT2D eigenvalue weighted by molar-refractivity contribution is -0.112. The second-order valence-electron chi connectivity index (χ2n) is 37.9. The van der Waals surface area contributed by atoms with E-state index in [2.05, 4.69) is 280 Å². The number of nitrogens with zero attached hydrogens (tertiary/aromatic N) is 2. The van der Waals surface area contributed by atoms with Gasteiger partial charge in [-0.3, -0.25) is 9.59 Å². The molecule has 682 valence electrons. The van der Waals surface area contributed by atoms with E-state index in [4.69, 9.17) is 45.8 Å². The van der Waals surface area contributed by atoms with Gasteiger partial charge in [0.15, 0.2) is 5.78 Å². The Bertz CT molecular complexity index is 4460. The number of carbonyl (C=O) groups excluding carboxylic acids is 4. The number of ether oxygens (including phenoxy) is 1. The summed E-state index contributed by atoms with van der Waals surface area (Å²) in [7, 11) is -0.119. The summed E-state index contributed by atoms with van der Waals surface area (Å²) in [6.45, 7) is 54.7. The van der Waals surface area contributed by atoms with Crippen molar-refractivity contribution >= 4 is 161 Å². The van der Waals surface area contributed by atoms with Gasteiger partial charge >= 0.3 is 25.7 Å². The lowest BCUT2D eigenvalue weighted by Crippen LogP contribution is -2.45. The maximum absolute atomic E-state index is 12.2. The molecule has 23 heteroatoms. The minimum absolute atomic E-state index is 0.0410. The maximum Gasteiger partial charge on any atom is 0.469 e. The van der Waals surface area contributed by atoms with Gasteiger partial charge in [-0.15, -0.1) is 6.58 Å². The topological polar surface area (TPSA) is 167 Å². The number of amides is 2. The Morgan fingerprint density at radius 3 is 1.06 bits per heavy atom. The zero-order valence-corrected chi connectivity index (χ0v) is 89.8. The van der Waals surface area contributed by atoms with Crippen LogP contribution in [0.25, 0.3) is 0 Å². The van der Waals surface area contributed by atoms with Gasteiger partial charge in [0, 0.05) is 82.9 Å². The van der Waals surface area contributed by atoms with Crippen molar-refractivity contribution < 1.29 is 47.6 Å². The van der Waals surface area contributed by atoms with Crippen molar-refractivity contribution in [1.29, 1.82) is 0 Å². The third-order valence-electron chi connectivity index (χ3n) is 25.7. The highest BCUT2D eigenvalue weighted by atomic mass is 79.9. The Morgan fingerprint density at radius 1 is 0.464 bits per heavy atom. The van der Waals surface area contributed by atoms with E-state index in [1.54, 1.807) is 35.8 Å². The molecule has 125 heavy (non-hydrogen) atoms. The van der Waals surface area contributed by atoms with Crippen molar-refractivity contribution in [2.45, 2.75) is 310 Å². The molecule has 2 heterocycles. The number of Topliss-reactive ketones (excluding diaryl/α,β-unsaturated/α-hetero) is 1. The molecule has 2 amide bonds. The molecule has 7 fully saturated rings. The fraction of sp³-hybridized carbons (Fsp3) is 0.510. The number of hydrogen-bond donors (Lipinski definition) is 2. The van der Waals surface area contributed by atoms with Gasteiger partial charge < -0.3 is 48.8 Å². The molecule has 0 spiro atoms. The molecule has 0 unspecified atom stereocenters.